The Morgan fingerprint density at radius 3 is 2.61 bits per heavy atom. The van der Waals surface area contributed by atoms with E-state index in [9.17, 15) is 15.0 Å². The molecule has 0 bridgehead atoms. The van der Waals surface area contributed by atoms with Gasteiger partial charge in [-0.15, -0.1) is 0 Å². The largest absolute Gasteiger partial charge is 0.412 e. The Labute approximate surface area is 137 Å². The van der Waals surface area contributed by atoms with Gasteiger partial charge in [-0.1, -0.05) is 25.5 Å². The van der Waals surface area contributed by atoms with Gasteiger partial charge in [-0.25, -0.2) is 0 Å². The minimum absolute atomic E-state index is 0. The van der Waals surface area contributed by atoms with Crippen LogP contribution in [-0.2, 0) is 4.79 Å². The SMILES string of the molecule is C[C@]12C=CC(=O)C=C1CC[C@@H]1[C@@H]2CC[C@]2(C)[C@@H](O)CC[C@@]12O.O. The van der Waals surface area contributed by atoms with Crippen molar-refractivity contribution in [3.8, 4) is 0 Å². The zero-order chi connectivity index (χ0) is 15.8. The molecule has 0 heterocycles. The summed E-state index contributed by atoms with van der Waals surface area (Å²) in [6, 6.07) is 0. The van der Waals surface area contributed by atoms with Gasteiger partial charge in [0.15, 0.2) is 5.78 Å². The van der Waals surface area contributed by atoms with Gasteiger partial charge in [0, 0.05) is 10.8 Å². The monoisotopic (exact) mass is 320 g/mol. The second kappa shape index (κ2) is 5.01. The molecular formula is C19H28O4. The highest BCUT2D eigenvalue weighted by molar-refractivity contribution is 6.01. The fraction of sp³-hybridized carbons (Fsp3) is 0.737. The van der Waals surface area contributed by atoms with Gasteiger partial charge in [-0.05, 0) is 62.5 Å². The summed E-state index contributed by atoms with van der Waals surface area (Å²) in [6.07, 6.45) is 10.4. The fourth-order valence-electron chi connectivity index (χ4n) is 6.14. The van der Waals surface area contributed by atoms with Gasteiger partial charge in [0.1, 0.15) is 0 Å². The first-order chi connectivity index (χ1) is 10.3. The first kappa shape index (κ1) is 16.9. The number of hydrogen-bond acceptors (Lipinski definition) is 3. The Morgan fingerprint density at radius 1 is 1.13 bits per heavy atom. The van der Waals surface area contributed by atoms with E-state index >= 15 is 0 Å². The van der Waals surface area contributed by atoms with Gasteiger partial charge < -0.3 is 15.7 Å². The molecule has 4 N–H and O–H groups in total. The average molecular weight is 320 g/mol. The van der Waals surface area contributed by atoms with Crippen LogP contribution in [0.1, 0.15) is 52.4 Å². The van der Waals surface area contributed by atoms with E-state index < -0.39 is 5.60 Å². The maximum Gasteiger partial charge on any atom is 0.178 e. The molecule has 23 heavy (non-hydrogen) atoms. The van der Waals surface area contributed by atoms with Gasteiger partial charge in [0.05, 0.1) is 11.7 Å². The third-order valence-corrected chi connectivity index (χ3v) is 7.69. The quantitative estimate of drug-likeness (QED) is 0.715. The number of aliphatic hydroxyl groups excluding tert-OH is 1. The van der Waals surface area contributed by atoms with Crippen molar-refractivity contribution in [2.24, 2.45) is 22.7 Å². The molecule has 3 saturated carbocycles. The van der Waals surface area contributed by atoms with Crippen LogP contribution in [-0.4, -0.2) is 33.2 Å². The zero-order valence-electron chi connectivity index (χ0n) is 14.0. The normalized spacial score (nSPS) is 51.2. The molecule has 4 heteroatoms. The van der Waals surface area contributed by atoms with Crippen molar-refractivity contribution in [1.29, 1.82) is 0 Å². The Hall–Kier alpha value is -0.970. The van der Waals surface area contributed by atoms with Crippen molar-refractivity contribution in [2.45, 2.75) is 64.1 Å². The molecule has 0 radical (unpaired) electrons. The number of rotatable bonds is 0. The van der Waals surface area contributed by atoms with Crippen LogP contribution in [0, 0.1) is 22.7 Å². The van der Waals surface area contributed by atoms with Crippen LogP contribution in [0.5, 0.6) is 0 Å². The Morgan fingerprint density at radius 2 is 1.87 bits per heavy atom. The third kappa shape index (κ3) is 1.92. The molecule has 0 unspecified atom stereocenters. The predicted molar refractivity (Wildman–Crippen MR) is 87.7 cm³/mol. The minimum atomic E-state index is -0.751. The van der Waals surface area contributed by atoms with Crippen LogP contribution in [0.25, 0.3) is 0 Å². The van der Waals surface area contributed by atoms with E-state index in [1.165, 1.54) is 5.57 Å². The third-order valence-electron chi connectivity index (χ3n) is 7.69. The van der Waals surface area contributed by atoms with E-state index in [1.54, 1.807) is 6.08 Å². The molecule has 3 fully saturated rings. The number of fused-ring (bicyclic) bond motifs is 5. The number of carbonyl (C=O) groups is 1. The molecular weight excluding hydrogens is 292 g/mol. The zero-order valence-corrected chi connectivity index (χ0v) is 14.0. The highest BCUT2D eigenvalue weighted by Gasteiger charge is 2.66. The standard InChI is InChI=1S/C19H26O3.H2O/c1-17-8-5-13(20)11-12(17)3-4-15-14(17)6-9-18(2)16(21)7-10-19(15,18)22;/h5,8,11,14-16,21-22H,3-4,6-7,9-10H2,1-2H3;1H2/t14-,15+,16-,17-,18+,19+;/m0./s1. The van der Waals surface area contributed by atoms with Crippen LogP contribution < -0.4 is 0 Å². The molecule has 4 nitrogen and oxygen atoms in total. The summed E-state index contributed by atoms with van der Waals surface area (Å²) in [7, 11) is 0. The van der Waals surface area contributed by atoms with Crippen molar-refractivity contribution < 1.29 is 20.5 Å². The van der Waals surface area contributed by atoms with Crippen molar-refractivity contribution in [3.63, 3.8) is 0 Å². The Bertz CT molecular complexity index is 594. The van der Waals surface area contributed by atoms with Crippen LogP contribution >= 0.6 is 0 Å². The fourth-order valence-corrected chi connectivity index (χ4v) is 6.14. The average Bonchev–Trinajstić information content (AvgIpc) is 2.72. The van der Waals surface area contributed by atoms with Gasteiger partial charge in [-0.2, -0.15) is 0 Å². The highest BCUT2D eigenvalue weighted by atomic mass is 16.3. The second-order valence-electron chi connectivity index (χ2n) is 8.37. The molecule has 0 aliphatic heterocycles. The lowest BCUT2D eigenvalue weighted by molar-refractivity contribution is -0.187. The molecule has 4 rings (SSSR count). The van der Waals surface area contributed by atoms with Gasteiger partial charge in [0.2, 0.25) is 0 Å². The summed E-state index contributed by atoms with van der Waals surface area (Å²) in [5.41, 5.74) is 0.0348. The number of aliphatic hydroxyl groups is 2. The Balaban J connectivity index is 0.00000156. The first-order valence-electron chi connectivity index (χ1n) is 8.66. The van der Waals surface area contributed by atoms with E-state index in [1.807, 2.05) is 6.08 Å². The van der Waals surface area contributed by atoms with Crippen LogP contribution in [0.2, 0.25) is 0 Å². The van der Waals surface area contributed by atoms with Crippen molar-refractivity contribution >= 4 is 5.78 Å². The maximum atomic E-state index is 11.7. The van der Waals surface area contributed by atoms with Crippen molar-refractivity contribution in [1.82, 2.24) is 0 Å². The smallest absolute Gasteiger partial charge is 0.178 e. The van der Waals surface area contributed by atoms with Gasteiger partial charge in [-0.3, -0.25) is 4.79 Å². The highest BCUT2D eigenvalue weighted by Crippen LogP contribution is 2.66. The van der Waals surface area contributed by atoms with Crippen LogP contribution in [0.3, 0.4) is 0 Å². The lowest BCUT2D eigenvalue weighted by Gasteiger charge is -2.60. The minimum Gasteiger partial charge on any atom is -0.412 e. The number of hydrogen-bond donors (Lipinski definition) is 2. The predicted octanol–water partition coefficient (Wildman–Crippen LogP) is 1.95. The molecule has 4 aliphatic rings. The molecule has 0 saturated heterocycles. The van der Waals surface area contributed by atoms with Crippen molar-refractivity contribution in [3.05, 3.63) is 23.8 Å². The van der Waals surface area contributed by atoms with E-state index in [0.717, 1.165) is 25.7 Å². The van der Waals surface area contributed by atoms with Crippen LogP contribution in [0.4, 0.5) is 0 Å². The molecule has 0 spiro atoms. The molecule has 0 aromatic carbocycles. The number of carbonyl (C=O) groups excluding carboxylic acids is 1. The molecule has 4 aliphatic carbocycles. The van der Waals surface area contributed by atoms with Gasteiger partial charge in [0.25, 0.3) is 0 Å². The van der Waals surface area contributed by atoms with Crippen molar-refractivity contribution in [2.75, 3.05) is 0 Å². The lowest BCUT2D eigenvalue weighted by Crippen LogP contribution is -2.61. The van der Waals surface area contributed by atoms with E-state index in [4.69, 9.17) is 0 Å². The van der Waals surface area contributed by atoms with E-state index in [0.29, 0.717) is 18.8 Å². The second-order valence-corrected chi connectivity index (χ2v) is 8.37. The Kier molecular flexibility index (Phi) is 3.68. The topological polar surface area (TPSA) is 89.0 Å². The summed E-state index contributed by atoms with van der Waals surface area (Å²) in [5, 5.41) is 22.0. The summed E-state index contributed by atoms with van der Waals surface area (Å²) in [6.45, 7) is 4.31. The molecule has 128 valence electrons. The van der Waals surface area contributed by atoms with E-state index in [2.05, 4.69) is 19.9 Å². The summed E-state index contributed by atoms with van der Waals surface area (Å²) < 4.78 is 0. The first-order valence-corrected chi connectivity index (χ1v) is 8.66. The molecule has 0 aromatic heterocycles. The van der Waals surface area contributed by atoms with Gasteiger partial charge >= 0.3 is 0 Å². The lowest BCUT2D eigenvalue weighted by atomic mass is 9.47. The van der Waals surface area contributed by atoms with E-state index in [-0.39, 0.29) is 34.1 Å². The maximum absolute atomic E-state index is 11.7. The molecule has 0 amide bonds. The summed E-state index contributed by atoms with van der Waals surface area (Å²) in [5.74, 6) is 0.699. The molecule has 6 atom stereocenters. The number of allylic oxidation sites excluding steroid dienone is 4. The molecule has 0 aromatic rings. The summed E-state index contributed by atoms with van der Waals surface area (Å²) in [4.78, 5) is 11.7. The van der Waals surface area contributed by atoms with Crippen LogP contribution in [0.15, 0.2) is 23.8 Å². The number of ketones is 1. The summed E-state index contributed by atoms with van der Waals surface area (Å²) >= 11 is 0.